The largest absolute Gasteiger partial charge is 0.476 e. The molecule has 0 bridgehead atoms. The smallest absolute Gasteiger partial charge is 0.355 e. The second-order valence-corrected chi connectivity index (χ2v) is 6.64. The first-order valence-corrected chi connectivity index (χ1v) is 8.48. The normalized spacial score (nSPS) is 15.8. The maximum Gasteiger partial charge on any atom is 0.355 e. The van der Waals surface area contributed by atoms with Gasteiger partial charge in [0.1, 0.15) is 0 Å². The van der Waals surface area contributed by atoms with Crippen molar-refractivity contribution < 1.29 is 14.7 Å². The number of carbonyl (C=O) groups is 2. The predicted molar refractivity (Wildman–Crippen MR) is 79.7 cm³/mol. The fraction of sp³-hybridized carbons (Fsp3) is 0.583. The van der Waals surface area contributed by atoms with Gasteiger partial charge in [-0.15, -0.1) is 11.3 Å². The van der Waals surface area contributed by atoms with Crippen molar-refractivity contribution in [1.82, 2.24) is 15.6 Å². The Bertz CT molecular complexity index is 472. The van der Waals surface area contributed by atoms with Crippen LogP contribution in [-0.2, 0) is 6.42 Å². The third-order valence-corrected chi connectivity index (χ3v) is 4.91. The summed E-state index contributed by atoms with van der Waals surface area (Å²) in [5, 5.41) is 16.7. The molecule has 0 spiro atoms. The van der Waals surface area contributed by atoms with E-state index in [4.69, 9.17) is 5.11 Å². The molecule has 2 amide bonds. The highest BCUT2D eigenvalue weighted by Gasteiger charge is 2.15. The molecule has 0 unspecified atom stereocenters. The molecule has 8 heteroatoms. The van der Waals surface area contributed by atoms with Gasteiger partial charge in [0.15, 0.2) is 5.69 Å². The molecule has 0 radical (unpaired) electrons. The quantitative estimate of drug-likeness (QED) is 0.767. The summed E-state index contributed by atoms with van der Waals surface area (Å²) in [7, 11) is 0. The van der Waals surface area contributed by atoms with Gasteiger partial charge in [-0.05, 0) is 24.3 Å². The molecule has 20 heavy (non-hydrogen) atoms. The van der Waals surface area contributed by atoms with Crippen LogP contribution in [0.1, 0.15) is 28.3 Å². The lowest BCUT2D eigenvalue weighted by atomic mass is 10.2. The van der Waals surface area contributed by atoms with Gasteiger partial charge in [-0.25, -0.2) is 14.6 Å². The fourth-order valence-electron chi connectivity index (χ4n) is 1.89. The zero-order chi connectivity index (χ0) is 14.4. The molecule has 6 nitrogen and oxygen atoms in total. The van der Waals surface area contributed by atoms with Gasteiger partial charge < -0.3 is 15.7 Å². The summed E-state index contributed by atoms with van der Waals surface area (Å²) in [6.07, 6.45) is 2.59. The fourth-order valence-corrected chi connectivity index (χ4v) is 3.76. The number of thioether (sulfide) groups is 1. The Morgan fingerprint density at radius 1 is 1.40 bits per heavy atom. The minimum absolute atomic E-state index is 0.0640. The first-order valence-electron chi connectivity index (χ1n) is 6.45. The van der Waals surface area contributed by atoms with E-state index in [1.165, 1.54) is 16.7 Å². The van der Waals surface area contributed by atoms with E-state index in [0.717, 1.165) is 29.4 Å². The van der Waals surface area contributed by atoms with Crippen LogP contribution in [0.25, 0.3) is 0 Å². The van der Waals surface area contributed by atoms with Crippen LogP contribution in [0.5, 0.6) is 0 Å². The highest BCUT2D eigenvalue weighted by Crippen LogP contribution is 2.16. The first kappa shape index (κ1) is 15.1. The van der Waals surface area contributed by atoms with Crippen LogP contribution in [0.15, 0.2) is 5.38 Å². The molecule has 1 aliphatic rings. The maximum atomic E-state index is 11.7. The van der Waals surface area contributed by atoms with Crippen LogP contribution in [0.3, 0.4) is 0 Å². The number of aromatic carboxylic acids is 1. The van der Waals surface area contributed by atoms with Crippen LogP contribution < -0.4 is 10.6 Å². The van der Waals surface area contributed by atoms with Crippen molar-refractivity contribution in [2.75, 3.05) is 18.1 Å². The van der Waals surface area contributed by atoms with Crippen LogP contribution in [0.4, 0.5) is 4.79 Å². The van der Waals surface area contributed by atoms with E-state index in [2.05, 4.69) is 15.6 Å². The van der Waals surface area contributed by atoms with E-state index < -0.39 is 5.97 Å². The molecule has 3 N–H and O–H groups in total. The second-order valence-electron chi connectivity index (χ2n) is 4.47. The molecule has 0 aromatic carbocycles. The summed E-state index contributed by atoms with van der Waals surface area (Å²) in [5.74, 6) is 1.18. The second kappa shape index (κ2) is 7.49. The van der Waals surface area contributed by atoms with Gasteiger partial charge in [-0.3, -0.25) is 0 Å². The molecular weight excluding hydrogens is 298 g/mol. The number of carboxylic acids is 1. The van der Waals surface area contributed by atoms with Crippen molar-refractivity contribution in [2.24, 2.45) is 0 Å². The Morgan fingerprint density at radius 3 is 2.80 bits per heavy atom. The Balaban J connectivity index is 1.66. The number of carbonyl (C=O) groups excluding carboxylic acids is 1. The Kier molecular flexibility index (Phi) is 5.66. The lowest BCUT2D eigenvalue weighted by Gasteiger charge is -2.22. The predicted octanol–water partition coefficient (Wildman–Crippen LogP) is 1.58. The van der Waals surface area contributed by atoms with E-state index in [1.54, 1.807) is 0 Å². The van der Waals surface area contributed by atoms with Gasteiger partial charge in [0.25, 0.3) is 0 Å². The number of nitrogens with zero attached hydrogens (tertiary/aromatic N) is 1. The summed E-state index contributed by atoms with van der Waals surface area (Å²) in [4.78, 5) is 26.3. The SMILES string of the molecule is O=C(NCCc1nc(C(=O)O)cs1)NC1CCSCC1. The van der Waals surface area contributed by atoms with E-state index in [0.29, 0.717) is 13.0 Å². The van der Waals surface area contributed by atoms with Gasteiger partial charge in [0, 0.05) is 24.4 Å². The van der Waals surface area contributed by atoms with Crippen LogP contribution >= 0.6 is 23.1 Å². The number of aromatic nitrogens is 1. The minimum atomic E-state index is -1.02. The summed E-state index contributed by atoms with van der Waals surface area (Å²) in [5.41, 5.74) is 0.0640. The lowest BCUT2D eigenvalue weighted by Crippen LogP contribution is -2.44. The molecular formula is C12H17N3O3S2. The Hall–Kier alpha value is -1.28. The standard InChI is InChI=1S/C12H17N3O3S2/c16-11(17)9-7-20-10(15-9)1-4-13-12(18)14-8-2-5-19-6-3-8/h7-8H,1-6H2,(H,16,17)(H2,13,14,18). The Labute approximate surface area is 125 Å². The molecule has 1 aromatic rings. The number of nitrogens with one attached hydrogen (secondary N) is 2. The van der Waals surface area contributed by atoms with Gasteiger partial charge in [-0.1, -0.05) is 0 Å². The third kappa shape index (κ3) is 4.68. The molecule has 1 aromatic heterocycles. The zero-order valence-corrected chi connectivity index (χ0v) is 12.6. The monoisotopic (exact) mass is 315 g/mol. The number of rotatable bonds is 5. The van der Waals surface area contributed by atoms with Crippen molar-refractivity contribution >= 4 is 35.1 Å². The van der Waals surface area contributed by atoms with Crippen LogP contribution in [0, 0.1) is 0 Å². The molecule has 1 saturated heterocycles. The zero-order valence-electron chi connectivity index (χ0n) is 10.9. The molecule has 2 heterocycles. The lowest BCUT2D eigenvalue weighted by molar-refractivity contribution is 0.0691. The molecule has 0 saturated carbocycles. The molecule has 2 rings (SSSR count). The van der Waals surface area contributed by atoms with E-state index in [1.807, 2.05) is 11.8 Å². The average Bonchev–Trinajstić information content (AvgIpc) is 2.89. The summed E-state index contributed by atoms with van der Waals surface area (Å²) in [6.45, 7) is 0.458. The van der Waals surface area contributed by atoms with Crippen molar-refractivity contribution in [1.29, 1.82) is 0 Å². The van der Waals surface area contributed by atoms with Crippen molar-refractivity contribution in [2.45, 2.75) is 25.3 Å². The summed E-state index contributed by atoms with van der Waals surface area (Å²) in [6, 6.07) is 0.117. The molecule has 1 aliphatic heterocycles. The number of urea groups is 1. The first-order chi connectivity index (χ1) is 9.65. The van der Waals surface area contributed by atoms with Crippen molar-refractivity contribution in [3.05, 3.63) is 16.1 Å². The highest BCUT2D eigenvalue weighted by molar-refractivity contribution is 7.99. The maximum absolute atomic E-state index is 11.7. The number of hydrogen-bond donors (Lipinski definition) is 3. The highest BCUT2D eigenvalue weighted by atomic mass is 32.2. The van der Waals surface area contributed by atoms with Gasteiger partial charge in [0.2, 0.25) is 0 Å². The number of carboxylic acid groups (broad SMARTS) is 1. The number of thiazole rings is 1. The topological polar surface area (TPSA) is 91.3 Å². The average molecular weight is 315 g/mol. The van der Waals surface area contributed by atoms with E-state index in [-0.39, 0.29) is 17.8 Å². The van der Waals surface area contributed by atoms with Crippen molar-refractivity contribution in [3.63, 3.8) is 0 Å². The number of amides is 2. The van der Waals surface area contributed by atoms with Crippen LogP contribution in [-0.4, -0.2) is 46.2 Å². The summed E-state index contributed by atoms with van der Waals surface area (Å²) >= 11 is 3.22. The molecule has 0 atom stereocenters. The van der Waals surface area contributed by atoms with E-state index >= 15 is 0 Å². The summed E-state index contributed by atoms with van der Waals surface area (Å²) < 4.78 is 0. The van der Waals surface area contributed by atoms with E-state index in [9.17, 15) is 9.59 Å². The Morgan fingerprint density at radius 2 is 2.15 bits per heavy atom. The van der Waals surface area contributed by atoms with Gasteiger partial charge in [-0.2, -0.15) is 11.8 Å². The molecule has 1 fully saturated rings. The minimum Gasteiger partial charge on any atom is -0.476 e. The van der Waals surface area contributed by atoms with Crippen LogP contribution in [0.2, 0.25) is 0 Å². The van der Waals surface area contributed by atoms with Gasteiger partial charge >= 0.3 is 12.0 Å². The number of hydrogen-bond acceptors (Lipinski definition) is 5. The molecule has 0 aliphatic carbocycles. The van der Waals surface area contributed by atoms with Crippen molar-refractivity contribution in [3.8, 4) is 0 Å². The van der Waals surface area contributed by atoms with Gasteiger partial charge in [0.05, 0.1) is 5.01 Å². The molecule has 110 valence electrons. The third-order valence-electron chi connectivity index (χ3n) is 2.95.